The Morgan fingerprint density at radius 2 is 1.71 bits per heavy atom. The molecule has 7 heteroatoms. The fourth-order valence-electron chi connectivity index (χ4n) is 2.91. The van der Waals surface area contributed by atoms with Crippen LogP contribution in [-0.2, 0) is 4.79 Å². The molecule has 0 aromatic heterocycles. The summed E-state index contributed by atoms with van der Waals surface area (Å²) in [7, 11) is 5.80. The number of rotatable bonds is 13. The summed E-state index contributed by atoms with van der Waals surface area (Å²) in [5, 5.41) is 16.4. The fraction of sp³-hybridized carbons (Fsp3) is 0.619. The Morgan fingerprint density at radius 1 is 1.07 bits per heavy atom. The van der Waals surface area contributed by atoms with Gasteiger partial charge in [0.1, 0.15) is 5.75 Å². The predicted octanol–water partition coefficient (Wildman–Crippen LogP) is 2.37. The number of quaternary nitrogens is 1. The second-order valence-electron chi connectivity index (χ2n) is 8.13. The average molecular weight is 394 g/mol. The third-order valence-corrected chi connectivity index (χ3v) is 4.15. The summed E-state index contributed by atoms with van der Waals surface area (Å²) in [5.74, 6) is -0.420. The van der Waals surface area contributed by atoms with Gasteiger partial charge in [0.15, 0.2) is 0 Å². The third-order valence-electron chi connectivity index (χ3n) is 4.15. The maximum absolute atomic E-state index is 12.2. The van der Waals surface area contributed by atoms with Gasteiger partial charge in [-0.05, 0) is 30.7 Å². The number of anilines is 1. The van der Waals surface area contributed by atoms with Crippen LogP contribution >= 0.6 is 0 Å². The first-order chi connectivity index (χ1) is 13.2. The lowest BCUT2D eigenvalue weighted by Crippen LogP contribution is -2.51. The Balaban J connectivity index is 2.44. The number of carbonyl (C=O) groups excluding carboxylic acids is 2. The molecular weight excluding hydrogens is 358 g/mol. The van der Waals surface area contributed by atoms with Gasteiger partial charge >= 0.3 is 6.03 Å². The summed E-state index contributed by atoms with van der Waals surface area (Å²) in [4.78, 5) is 23.1. The molecule has 0 aliphatic carbocycles. The molecule has 2 amide bonds. The Hall–Kier alpha value is -2.28. The minimum absolute atomic E-state index is 0.228. The normalized spacial score (nSPS) is 12.3. The number of amides is 2. The average Bonchev–Trinajstić information content (AvgIpc) is 2.57. The minimum Gasteiger partial charge on any atom is -0.550 e. The molecule has 1 aromatic rings. The largest absolute Gasteiger partial charge is 0.550 e. The SMILES string of the molecule is CCCCCCCOc1ccc(NC(=O)N[C@H](CC(=O)[O-])C[N+](C)(C)C)cc1. The molecule has 158 valence electrons. The van der Waals surface area contributed by atoms with E-state index in [0.717, 1.165) is 12.2 Å². The summed E-state index contributed by atoms with van der Waals surface area (Å²) >= 11 is 0. The van der Waals surface area contributed by atoms with Gasteiger partial charge in [0.2, 0.25) is 0 Å². The highest BCUT2D eigenvalue weighted by atomic mass is 16.5. The highest BCUT2D eigenvalue weighted by Crippen LogP contribution is 2.16. The van der Waals surface area contributed by atoms with Gasteiger partial charge < -0.3 is 29.8 Å². The first-order valence-corrected chi connectivity index (χ1v) is 10.0. The fourth-order valence-corrected chi connectivity index (χ4v) is 2.91. The van der Waals surface area contributed by atoms with Crippen molar-refractivity contribution in [2.75, 3.05) is 39.6 Å². The zero-order valence-corrected chi connectivity index (χ0v) is 17.6. The molecule has 1 rings (SSSR count). The molecule has 0 saturated carbocycles. The zero-order chi connectivity index (χ0) is 21.0. The number of carboxylic acid groups (broad SMARTS) is 1. The van der Waals surface area contributed by atoms with Gasteiger partial charge in [-0.3, -0.25) is 0 Å². The summed E-state index contributed by atoms with van der Waals surface area (Å²) in [6.45, 7) is 3.36. The number of benzene rings is 1. The number of nitrogens with one attached hydrogen (secondary N) is 2. The van der Waals surface area contributed by atoms with Crippen LogP contribution < -0.4 is 20.5 Å². The number of aliphatic carboxylic acids is 1. The second-order valence-corrected chi connectivity index (χ2v) is 8.13. The number of urea groups is 1. The van der Waals surface area contributed by atoms with Crippen LogP contribution in [0.1, 0.15) is 45.4 Å². The zero-order valence-electron chi connectivity index (χ0n) is 17.6. The van der Waals surface area contributed by atoms with Crippen LogP contribution in [0.25, 0.3) is 0 Å². The third kappa shape index (κ3) is 11.4. The smallest absolute Gasteiger partial charge is 0.319 e. The van der Waals surface area contributed by atoms with Crippen molar-refractivity contribution in [3.8, 4) is 5.75 Å². The van der Waals surface area contributed by atoms with Crippen LogP contribution in [0, 0.1) is 0 Å². The van der Waals surface area contributed by atoms with Crippen molar-refractivity contribution in [3.63, 3.8) is 0 Å². The lowest BCUT2D eigenvalue weighted by molar-refractivity contribution is -0.871. The van der Waals surface area contributed by atoms with Gasteiger partial charge in [-0.1, -0.05) is 32.6 Å². The summed E-state index contributed by atoms with van der Waals surface area (Å²) < 4.78 is 6.24. The van der Waals surface area contributed by atoms with E-state index in [1.165, 1.54) is 25.7 Å². The molecule has 0 saturated heterocycles. The second kappa shape index (κ2) is 12.2. The Morgan fingerprint density at radius 3 is 2.29 bits per heavy atom. The molecule has 0 radical (unpaired) electrons. The number of ether oxygens (including phenoxy) is 1. The minimum atomic E-state index is -1.19. The van der Waals surface area contributed by atoms with E-state index in [1.54, 1.807) is 12.1 Å². The Kier molecular flexibility index (Phi) is 10.4. The number of carbonyl (C=O) groups is 2. The maximum Gasteiger partial charge on any atom is 0.319 e. The quantitative estimate of drug-likeness (QED) is 0.398. The Bertz CT molecular complexity index is 597. The van der Waals surface area contributed by atoms with E-state index >= 15 is 0 Å². The molecule has 28 heavy (non-hydrogen) atoms. The predicted molar refractivity (Wildman–Crippen MR) is 109 cm³/mol. The number of hydrogen-bond donors (Lipinski definition) is 2. The Labute approximate surface area is 168 Å². The van der Waals surface area contributed by atoms with Crippen LogP contribution in [-0.4, -0.2) is 56.8 Å². The molecular formula is C21H35N3O4. The molecule has 0 unspecified atom stereocenters. The lowest BCUT2D eigenvalue weighted by atomic mass is 10.2. The summed E-state index contributed by atoms with van der Waals surface area (Å²) in [6.07, 6.45) is 5.72. The molecule has 0 bridgehead atoms. The van der Waals surface area contributed by atoms with E-state index in [-0.39, 0.29) is 6.42 Å². The molecule has 0 fully saturated rings. The van der Waals surface area contributed by atoms with E-state index in [9.17, 15) is 14.7 Å². The monoisotopic (exact) mass is 393 g/mol. The number of unbranched alkanes of at least 4 members (excludes halogenated alkanes) is 4. The van der Waals surface area contributed by atoms with Crippen molar-refractivity contribution in [2.24, 2.45) is 0 Å². The maximum atomic E-state index is 12.2. The molecule has 1 atom stereocenters. The van der Waals surface area contributed by atoms with Gasteiger partial charge in [-0.2, -0.15) is 0 Å². The molecule has 7 nitrogen and oxygen atoms in total. The van der Waals surface area contributed by atoms with Crippen LogP contribution in [0.3, 0.4) is 0 Å². The number of likely N-dealkylation sites (N-methyl/N-ethyl adjacent to an activating group) is 1. The van der Waals surface area contributed by atoms with Crippen molar-refractivity contribution in [2.45, 2.75) is 51.5 Å². The van der Waals surface area contributed by atoms with Crippen molar-refractivity contribution in [3.05, 3.63) is 24.3 Å². The van der Waals surface area contributed by atoms with Gasteiger partial charge in [0, 0.05) is 18.1 Å². The highest BCUT2D eigenvalue weighted by molar-refractivity contribution is 5.89. The summed E-state index contributed by atoms with van der Waals surface area (Å²) in [5.41, 5.74) is 0.616. The lowest BCUT2D eigenvalue weighted by Gasteiger charge is -2.30. The molecule has 0 aliphatic rings. The summed E-state index contributed by atoms with van der Waals surface area (Å²) in [6, 6.07) is 6.20. The van der Waals surface area contributed by atoms with Gasteiger partial charge in [0.25, 0.3) is 0 Å². The molecule has 1 aromatic carbocycles. The van der Waals surface area contributed by atoms with E-state index < -0.39 is 18.0 Å². The molecule has 0 heterocycles. The first-order valence-electron chi connectivity index (χ1n) is 10.0. The van der Waals surface area contributed by atoms with Crippen LogP contribution in [0.15, 0.2) is 24.3 Å². The van der Waals surface area contributed by atoms with Crippen LogP contribution in [0.2, 0.25) is 0 Å². The highest BCUT2D eigenvalue weighted by Gasteiger charge is 2.20. The number of carboxylic acids is 1. The van der Waals surface area contributed by atoms with E-state index in [4.69, 9.17) is 4.74 Å². The first kappa shape index (κ1) is 23.8. The molecule has 2 N–H and O–H groups in total. The van der Waals surface area contributed by atoms with E-state index in [2.05, 4.69) is 17.6 Å². The van der Waals surface area contributed by atoms with Crippen LogP contribution in [0.4, 0.5) is 10.5 Å². The van der Waals surface area contributed by atoms with Crippen LogP contribution in [0.5, 0.6) is 5.75 Å². The number of nitrogens with zero attached hydrogens (tertiary/aromatic N) is 1. The van der Waals surface area contributed by atoms with Crippen molar-refractivity contribution in [1.82, 2.24) is 5.32 Å². The van der Waals surface area contributed by atoms with E-state index in [0.29, 0.717) is 23.3 Å². The van der Waals surface area contributed by atoms with E-state index in [1.807, 2.05) is 33.3 Å². The van der Waals surface area contributed by atoms with Gasteiger partial charge in [0.05, 0.1) is 40.3 Å². The molecule has 0 aliphatic heterocycles. The topological polar surface area (TPSA) is 90.5 Å². The van der Waals surface area contributed by atoms with Gasteiger partial charge in [-0.15, -0.1) is 0 Å². The molecule has 0 spiro atoms. The van der Waals surface area contributed by atoms with Crippen molar-refractivity contribution >= 4 is 17.7 Å². The van der Waals surface area contributed by atoms with Crippen molar-refractivity contribution < 1.29 is 23.9 Å². The standard InChI is InChI=1S/C21H35N3O4/c1-5-6-7-8-9-14-28-19-12-10-17(11-13-19)22-21(27)23-18(15-20(25)26)16-24(2,3)4/h10-13,18H,5-9,14-16H2,1-4H3,(H2-,22,23,25,26,27)/t18-/m1/s1. The van der Waals surface area contributed by atoms with Crippen molar-refractivity contribution in [1.29, 1.82) is 0 Å². The number of hydrogen-bond acceptors (Lipinski definition) is 4. The van der Waals surface area contributed by atoms with Gasteiger partial charge in [-0.25, -0.2) is 4.79 Å².